The third-order valence-corrected chi connectivity index (χ3v) is 6.04. The lowest BCUT2D eigenvalue weighted by Crippen LogP contribution is -2.14. The maximum atomic E-state index is 12.3. The van der Waals surface area contributed by atoms with Gasteiger partial charge in [-0.05, 0) is 25.1 Å². The summed E-state index contributed by atoms with van der Waals surface area (Å²) in [7, 11) is 1.92. The van der Waals surface area contributed by atoms with Gasteiger partial charge in [0.05, 0.1) is 16.5 Å². The average Bonchev–Trinajstić information content (AvgIpc) is 3.28. The van der Waals surface area contributed by atoms with Crippen molar-refractivity contribution in [1.29, 1.82) is 0 Å². The molecular weight excluding hydrogens is 406 g/mol. The van der Waals surface area contributed by atoms with E-state index in [1.165, 1.54) is 17.3 Å². The van der Waals surface area contributed by atoms with Crippen LogP contribution in [0.1, 0.15) is 6.92 Å². The maximum absolute atomic E-state index is 12.3. The number of thioether (sulfide) groups is 1. The quantitative estimate of drug-likeness (QED) is 0.449. The summed E-state index contributed by atoms with van der Waals surface area (Å²) in [6, 6.07) is 15.4. The van der Waals surface area contributed by atoms with Crippen molar-refractivity contribution in [2.75, 3.05) is 11.1 Å². The van der Waals surface area contributed by atoms with Crippen molar-refractivity contribution >= 4 is 45.9 Å². The second kappa shape index (κ2) is 8.31. The molecule has 0 aliphatic heterocycles. The number of fused-ring (bicyclic) bond motifs is 1. The zero-order valence-corrected chi connectivity index (χ0v) is 17.7. The molecule has 148 valence electrons. The fourth-order valence-electron chi connectivity index (χ4n) is 3.24. The fraction of sp³-hybridized carbons (Fsp3) is 0.190. The number of hydrogen-bond donors (Lipinski definition) is 1. The zero-order valence-electron chi connectivity index (χ0n) is 16.1. The topological polar surface area (TPSA) is 64.7 Å². The largest absolute Gasteiger partial charge is 0.347 e. The predicted molar refractivity (Wildman–Crippen MR) is 118 cm³/mol. The van der Waals surface area contributed by atoms with E-state index in [1.54, 1.807) is 12.1 Å². The van der Waals surface area contributed by atoms with Crippen molar-refractivity contribution in [3.8, 4) is 11.4 Å². The minimum Gasteiger partial charge on any atom is -0.347 e. The number of para-hydroxylation sites is 2. The van der Waals surface area contributed by atoms with E-state index in [1.807, 2.05) is 35.9 Å². The van der Waals surface area contributed by atoms with Gasteiger partial charge in [0.25, 0.3) is 0 Å². The predicted octanol–water partition coefficient (Wildman–Crippen LogP) is 4.84. The van der Waals surface area contributed by atoms with Gasteiger partial charge in [-0.2, -0.15) is 0 Å². The first-order valence-corrected chi connectivity index (χ1v) is 10.6. The molecule has 29 heavy (non-hydrogen) atoms. The van der Waals surface area contributed by atoms with Crippen LogP contribution in [0.5, 0.6) is 0 Å². The van der Waals surface area contributed by atoms with Crippen LogP contribution in [0.2, 0.25) is 5.02 Å². The van der Waals surface area contributed by atoms with Crippen molar-refractivity contribution in [2.45, 2.75) is 18.6 Å². The van der Waals surface area contributed by atoms with Crippen LogP contribution < -0.4 is 5.32 Å². The number of halogens is 1. The summed E-state index contributed by atoms with van der Waals surface area (Å²) >= 11 is 7.43. The molecule has 1 N–H and O–H groups in total. The number of hydrogen-bond acceptors (Lipinski definition) is 4. The molecule has 0 unspecified atom stereocenters. The Hall–Kier alpha value is -2.77. The number of nitrogens with one attached hydrogen (secondary N) is 1. The molecule has 0 saturated heterocycles. The van der Waals surface area contributed by atoms with Gasteiger partial charge in [0.15, 0.2) is 11.0 Å². The van der Waals surface area contributed by atoms with Gasteiger partial charge in [-0.3, -0.25) is 4.79 Å². The van der Waals surface area contributed by atoms with E-state index in [0.29, 0.717) is 15.9 Å². The van der Waals surface area contributed by atoms with Gasteiger partial charge < -0.3 is 14.5 Å². The highest BCUT2D eigenvalue weighted by atomic mass is 35.5. The van der Waals surface area contributed by atoms with Crippen LogP contribution in [-0.2, 0) is 18.4 Å². The smallest absolute Gasteiger partial charge is 0.234 e. The molecule has 0 spiro atoms. The van der Waals surface area contributed by atoms with E-state index in [9.17, 15) is 4.79 Å². The second-order valence-electron chi connectivity index (χ2n) is 6.53. The molecule has 0 radical (unpaired) electrons. The highest BCUT2D eigenvalue weighted by molar-refractivity contribution is 7.99. The Kier molecular flexibility index (Phi) is 5.60. The van der Waals surface area contributed by atoms with E-state index in [0.717, 1.165) is 23.3 Å². The molecule has 1 amide bonds. The summed E-state index contributed by atoms with van der Waals surface area (Å²) < 4.78 is 4.12. The molecule has 0 bridgehead atoms. The minimum absolute atomic E-state index is 0.143. The monoisotopic (exact) mass is 425 g/mol. The van der Waals surface area contributed by atoms with Gasteiger partial charge in [0, 0.05) is 36.3 Å². The Morgan fingerprint density at radius 2 is 1.90 bits per heavy atom. The van der Waals surface area contributed by atoms with Crippen LogP contribution in [0.15, 0.2) is 59.9 Å². The molecule has 0 aliphatic rings. The summed E-state index contributed by atoms with van der Waals surface area (Å²) in [5.74, 6) is 0.853. The van der Waals surface area contributed by atoms with Gasteiger partial charge >= 0.3 is 0 Å². The minimum atomic E-state index is -0.143. The second-order valence-corrected chi connectivity index (χ2v) is 7.88. The number of anilines is 1. The lowest BCUT2D eigenvalue weighted by Gasteiger charge is -2.07. The molecule has 0 atom stereocenters. The summed E-state index contributed by atoms with van der Waals surface area (Å²) in [6.45, 7) is 2.99. The summed E-state index contributed by atoms with van der Waals surface area (Å²) in [5.41, 5.74) is 2.80. The molecule has 2 aromatic heterocycles. The molecule has 0 fully saturated rings. The zero-order chi connectivity index (χ0) is 20.4. The summed E-state index contributed by atoms with van der Waals surface area (Å²) in [4.78, 5) is 12.3. The number of benzene rings is 2. The molecule has 2 heterocycles. The standard InChI is InChI=1S/C21H20ClN5OS/c1-3-27-12-15(14-8-4-7-11-18(14)27)20-24-25-21(26(20)2)29-13-19(28)23-17-10-6-5-9-16(17)22/h4-12H,3,13H2,1-2H3,(H,23,28). The van der Waals surface area contributed by atoms with Crippen molar-refractivity contribution in [1.82, 2.24) is 19.3 Å². The number of rotatable bonds is 6. The molecule has 8 heteroatoms. The molecular formula is C21H20ClN5OS. The fourth-order valence-corrected chi connectivity index (χ4v) is 4.13. The van der Waals surface area contributed by atoms with E-state index in [-0.39, 0.29) is 11.7 Å². The molecule has 0 saturated carbocycles. The van der Waals surface area contributed by atoms with E-state index in [2.05, 4.69) is 45.3 Å². The highest BCUT2D eigenvalue weighted by Crippen LogP contribution is 2.31. The van der Waals surface area contributed by atoms with Crippen molar-refractivity contribution in [3.63, 3.8) is 0 Å². The Bertz CT molecular complexity index is 1180. The van der Waals surface area contributed by atoms with E-state index in [4.69, 9.17) is 11.6 Å². The van der Waals surface area contributed by atoms with Crippen LogP contribution in [0.25, 0.3) is 22.3 Å². The number of aryl methyl sites for hydroxylation is 1. The Labute approximate surface area is 177 Å². The third-order valence-electron chi connectivity index (χ3n) is 4.69. The normalized spacial score (nSPS) is 11.1. The van der Waals surface area contributed by atoms with Gasteiger partial charge in [-0.1, -0.05) is 53.7 Å². The Morgan fingerprint density at radius 3 is 2.69 bits per heavy atom. The van der Waals surface area contributed by atoms with Gasteiger partial charge in [-0.15, -0.1) is 10.2 Å². The van der Waals surface area contributed by atoms with Crippen molar-refractivity contribution in [2.24, 2.45) is 7.05 Å². The van der Waals surface area contributed by atoms with Gasteiger partial charge in [0.1, 0.15) is 0 Å². The van der Waals surface area contributed by atoms with Crippen LogP contribution in [0.3, 0.4) is 0 Å². The first-order valence-electron chi connectivity index (χ1n) is 9.23. The van der Waals surface area contributed by atoms with E-state index < -0.39 is 0 Å². The SMILES string of the molecule is CCn1cc(-c2nnc(SCC(=O)Nc3ccccc3Cl)n2C)c2ccccc21. The molecule has 4 aromatic rings. The average molecular weight is 426 g/mol. The summed E-state index contributed by atoms with van der Waals surface area (Å²) in [6.07, 6.45) is 2.10. The Morgan fingerprint density at radius 1 is 1.14 bits per heavy atom. The van der Waals surface area contributed by atoms with Crippen LogP contribution in [-0.4, -0.2) is 31.0 Å². The van der Waals surface area contributed by atoms with Crippen LogP contribution >= 0.6 is 23.4 Å². The third kappa shape index (κ3) is 3.88. The lowest BCUT2D eigenvalue weighted by atomic mass is 10.1. The number of amides is 1. The highest BCUT2D eigenvalue weighted by Gasteiger charge is 2.17. The maximum Gasteiger partial charge on any atom is 0.234 e. The number of aromatic nitrogens is 4. The van der Waals surface area contributed by atoms with Crippen LogP contribution in [0, 0.1) is 0 Å². The molecule has 2 aromatic carbocycles. The molecule has 0 aliphatic carbocycles. The summed E-state index contributed by atoms with van der Waals surface area (Å²) in [5, 5.41) is 13.8. The van der Waals surface area contributed by atoms with Crippen LogP contribution in [0.4, 0.5) is 5.69 Å². The number of nitrogens with zero attached hydrogens (tertiary/aromatic N) is 4. The number of carbonyl (C=O) groups is 1. The van der Waals surface area contributed by atoms with Crippen molar-refractivity contribution in [3.05, 3.63) is 59.8 Å². The van der Waals surface area contributed by atoms with E-state index >= 15 is 0 Å². The Balaban J connectivity index is 1.52. The van der Waals surface area contributed by atoms with Gasteiger partial charge in [0.2, 0.25) is 5.91 Å². The molecule has 4 rings (SSSR count). The van der Waals surface area contributed by atoms with Gasteiger partial charge in [-0.25, -0.2) is 0 Å². The lowest BCUT2D eigenvalue weighted by molar-refractivity contribution is -0.113. The first-order chi connectivity index (χ1) is 14.1. The number of carbonyl (C=O) groups excluding carboxylic acids is 1. The van der Waals surface area contributed by atoms with Crippen molar-refractivity contribution < 1.29 is 4.79 Å². The molecule has 6 nitrogen and oxygen atoms in total. The first kappa shape index (κ1) is 19.5.